The Morgan fingerprint density at radius 3 is 2.59 bits per heavy atom. The van der Waals surface area contributed by atoms with E-state index in [9.17, 15) is 9.59 Å². The van der Waals surface area contributed by atoms with Crippen molar-refractivity contribution in [3.05, 3.63) is 0 Å². The van der Waals surface area contributed by atoms with E-state index in [-0.39, 0.29) is 30.3 Å². The summed E-state index contributed by atoms with van der Waals surface area (Å²) in [5.74, 6) is 0.0850. The van der Waals surface area contributed by atoms with Crippen molar-refractivity contribution < 1.29 is 9.59 Å². The Bertz CT molecular complexity index is 271. The summed E-state index contributed by atoms with van der Waals surface area (Å²) < 4.78 is 0. The van der Waals surface area contributed by atoms with E-state index in [0.29, 0.717) is 25.9 Å². The second kappa shape index (κ2) is 7.50. The molecule has 6 heteroatoms. The highest BCUT2D eigenvalue weighted by Crippen LogP contribution is 2.19. The smallest absolute Gasteiger partial charge is 0.244 e. The van der Waals surface area contributed by atoms with Gasteiger partial charge in [0.1, 0.15) is 6.04 Å². The van der Waals surface area contributed by atoms with E-state index in [1.54, 1.807) is 23.9 Å². The van der Waals surface area contributed by atoms with Crippen LogP contribution in [0.15, 0.2) is 0 Å². The molecule has 0 aromatic carbocycles. The summed E-state index contributed by atoms with van der Waals surface area (Å²) >= 11 is 0. The fraction of sp³-hybridized carbons (Fsp3) is 0.818. The van der Waals surface area contributed by atoms with Crippen molar-refractivity contribution in [1.29, 1.82) is 0 Å². The van der Waals surface area contributed by atoms with Gasteiger partial charge < -0.3 is 15.5 Å². The molecule has 17 heavy (non-hydrogen) atoms. The summed E-state index contributed by atoms with van der Waals surface area (Å²) in [5.41, 5.74) is 5.37. The lowest BCUT2D eigenvalue weighted by atomic mass is 10.2. The second-order valence-corrected chi connectivity index (χ2v) is 4.37. The molecule has 5 nitrogen and oxygen atoms in total. The molecule has 1 aliphatic rings. The van der Waals surface area contributed by atoms with Gasteiger partial charge in [0, 0.05) is 27.1 Å². The molecule has 1 fully saturated rings. The molecular formula is C11H22ClN3O2. The molecular weight excluding hydrogens is 242 g/mol. The number of likely N-dealkylation sites (tertiary alicyclic amines) is 1. The number of hydrogen-bond donors (Lipinski definition) is 1. The molecule has 2 N–H and O–H groups in total. The van der Waals surface area contributed by atoms with Crippen LogP contribution >= 0.6 is 12.4 Å². The van der Waals surface area contributed by atoms with E-state index in [2.05, 4.69) is 0 Å². The lowest BCUT2D eigenvalue weighted by Gasteiger charge is -2.26. The van der Waals surface area contributed by atoms with Crippen molar-refractivity contribution in [1.82, 2.24) is 9.80 Å². The van der Waals surface area contributed by atoms with E-state index < -0.39 is 0 Å². The van der Waals surface area contributed by atoms with Crippen LogP contribution in [0.5, 0.6) is 0 Å². The minimum absolute atomic E-state index is 0. The predicted molar refractivity (Wildman–Crippen MR) is 69.0 cm³/mol. The van der Waals surface area contributed by atoms with E-state index in [4.69, 9.17) is 5.73 Å². The quantitative estimate of drug-likeness (QED) is 0.789. The zero-order valence-corrected chi connectivity index (χ0v) is 11.3. The van der Waals surface area contributed by atoms with Crippen LogP contribution in [0, 0.1) is 0 Å². The Balaban J connectivity index is 0.00000256. The van der Waals surface area contributed by atoms with Gasteiger partial charge in [-0.2, -0.15) is 0 Å². The molecule has 0 aliphatic carbocycles. The largest absolute Gasteiger partial charge is 0.347 e. The van der Waals surface area contributed by atoms with Crippen LogP contribution < -0.4 is 5.73 Å². The molecule has 1 rings (SSSR count). The lowest BCUT2D eigenvalue weighted by Crippen LogP contribution is -2.45. The fourth-order valence-electron chi connectivity index (χ4n) is 2.02. The Morgan fingerprint density at radius 1 is 1.41 bits per heavy atom. The molecule has 1 atom stereocenters. The van der Waals surface area contributed by atoms with Crippen LogP contribution in [-0.4, -0.2) is 54.8 Å². The third-order valence-corrected chi connectivity index (χ3v) is 2.89. The van der Waals surface area contributed by atoms with E-state index in [1.807, 2.05) is 0 Å². The van der Waals surface area contributed by atoms with E-state index in [0.717, 1.165) is 12.8 Å². The lowest BCUT2D eigenvalue weighted by molar-refractivity contribution is -0.142. The Labute approximate surface area is 109 Å². The highest BCUT2D eigenvalue weighted by atomic mass is 35.5. The fourth-order valence-corrected chi connectivity index (χ4v) is 2.02. The van der Waals surface area contributed by atoms with Crippen molar-refractivity contribution in [3.63, 3.8) is 0 Å². The molecule has 0 spiro atoms. The van der Waals surface area contributed by atoms with Gasteiger partial charge in [-0.15, -0.1) is 12.4 Å². The maximum absolute atomic E-state index is 11.8. The normalized spacial score (nSPS) is 18.8. The number of carbonyl (C=O) groups excluding carboxylic acids is 2. The van der Waals surface area contributed by atoms with Gasteiger partial charge in [0.25, 0.3) is 0 Å². The third-order valence-electron chi connectivity index (χ3n) is 2.89. The van der Waals surface area contributed by atoms with E-state index in [1.165, 1.54) is 0 Å². The average Bonchev–Trinajstić information content (AvgIpc) is 2.73. The first-order valence-electron chi connectivity index (χ1n) is 5.78. The molecule has 0 aromatic heterocycles. The highest BCUT2D eigenvalue weighted by Gasteiger charge is 2.34. The Kier molecular flexibility index (Phi) is 7.15. The number of nitrogens with zero attached hydrogens (tertiary/aromatic N) is 2. The van der Waals surface area contributed by atoms with Crippen molar-refractivity contribution in [2.45, 2.75) is 31.7 Å². The summed E-state index contributed by atoms with van der Waals surface area (Å²) in [4.78, 5) is 26.9. The van der Waals surface area contributed by atoms with Crippen LogP contribution in [0.25, 0.3) is 0 Å². The molecule has 0 saturated carbocycles. The van der Waals surface area contributed by atoms with Crippen LogP contribution in [0.2, 0.25) is 0 Å². The number of likely N-dealkylation sites (N-methyl/N-ethyl adjacent to an activating group) is 1. The van der Waals surface area contributed by atoms with Crippen molar-refractivity contribution in [2.75, 3.05) is 27.2 Å². The standard InChI is InChI=1S/C11H21N3O2.ClH/c1-13(2)11(16)9-5-4-8-14(9)10(15)6-3-7-12;/h9H,3-8,12H2,1-2H3;1H. The number of carbonyl (C=O) groups is 2. The van der Waals surface area contributed by atoms with E-state index >= 15 is 0 Å². The molecule has 1 heterocycles. The molecule has 0 aromatic rings. The number of hydrogen-bond acceptors (Lipinski definition) is 3. The predicted octanol–water partition coefficient (Wildman–Crippen LogP) is 0.226. The first-order chi connectivity index (χ1) is 7.57. The average molecular weight is 264 g/mol. The minimum atomic E-state index is -0.250. The first-order valence-corrected chi connectivity index (χ1v) is 5.78. The number of nitrogens with two attached hydrogens (primary N) is 1. The molecule has 0 radical (unpaired) electrons. The van der Waals surface area contributed by atoms with Crippen LogP contribution in [0.4, 0.5) is 0 Å². The van der Waals surface area contributed by atoms with Crippen LogP contribution in [0.3, 0.4) is 0 Å². The maximum Gasteiger partial charge on any atom is 0.244 e. The van der Waals surface area contributed by atoms with Gasteiger partial charge in [-0.05, 0) is 25.8 Å². The van der Waals surface area contributed by atoms with Crippen LogP contribution in [0.1, 0.15) is 25.7 Å². The summed E-state index contributed by atoms with van der Waals surface area (Å²) in [6.07, 6.45) is 2.84. The van der Waals surface area contributed by atoms with Gasteiger partial charge in [0.05, 0.1) is 0 Å². The molecule has 0 bridgehead atoms. The van der Waals surface area contributed by atoms with Crippen molar-refractivity contribution >= 4 is 24.2 Å². The summed E-state index contributed by atoms with van der Waals surface area (Å²) in [6.45, 7) is 1.22. The monoisotopic (exact) mass is 263 g/mol. The summed E-state index contributed by atoms with van der Waals surface area (Å²) in [5, 5.41) is 0. The molecule has 1 saturated heterocycles. The SMILES string of the molecule is CN(C)C(=O)C1CCCN1C(=O)CCCN.Cl. The third kappa shape index (κ3) is 4.16. The van der Waals surface area contributed by atoms with Gasteiger partial charge in [0.15, 0.2) is 0 Å². The number of rotatable bonds is 4. The Hall–Kier alpha value is -0.810. The summed E-state index contributed by atoms with van der Waals surface area (Å²) in [6, 6.07) is -0.250. The van der Waals surface area contributed by atoms with Gasteiger partial charge in [-0.25, -0.2) is 0 Å². The molecule has 1 aliphatic heterocycles. The van der Waals surface area contributed by atoms with Gasteiger partial charge in [-0.1, -0.05) is 0 Å². The van der Waals surface area contributed by atoms with Crippen LogP contribution in [-0.2, 0) is 9.59 Å². The highest BCUT2D eigenvalue weighted by molar-refractivity contribution is 5.88. The van der Waals surface area contributed by atoms with Gasteiger partial charge in [-0.3, -0.25) is 9.59 Å². The van der Waals surface area contributed by atoms with Gasteiger partial charge in [0.2, 0.25) is 11.8 Å². The topological polar surface area (TPSA) is 66.6 Å². The zero-order chi connectivity index (χ0) is 12.1. The second-order valence-electron chi connectivity index (χ2n) is 4.37. The minimum Gasteiger partial charge on any atom is -0.347 e. The molecule has 100 valence electrons. The maximum atomic E-state index is 11.8. The van der Waals surface area contributed by atoms with Gasteiger partial charge >= 0.3 is 0 Å². The first kappa shape index (κ1) is 16.2. The number of amides is 2. The van der Waals surface area contributed by atoms with Crippen molar-refractivity contribution in [2.24, 2.45) is 5.73 Å². The number of halogens is 1. The Morgan fingerprint density at radius 2 is 2.06 bits per heavy atom. The summed E-state index contributed by atoms with van der Waals surface area (Å²) in [7, 11) is 3.45. The molecule has 1 unspecified atom stereocenters. The zero-order valence-electron chi connectivity index (χ0n) is 10.5. The van der Waals surface area contributed by atoms with Crippen molar-refractivity contribution in [3.8, 4) is 0 Å². The molecule has 2 amide bonds.